The summed E-state index contributed by atoms with van der Waals surface area (Å²) in [6, 6.07) is 9.46. The number of nitrogens with zero attached hydrogens (tertiary/aromatic N) is 1. The third-order valence-electron chi connectivity index (χ3n) is 4.72. The van der Waals surface area contributed by atoms with Gasteiger partial charge >= 0.3 is 0 Å². The molecule has 3 N–H and O–H groups in total. The molecule has 7 heteroatoms. The van der Waals surface area contributed by atoms with Crippen LogP contribution in [0.5, 0.6) is 0 Å². The van der Waals surface area contributed by atoms with Crippen LogP contribution in [-0.4, -0.2) is 42.6 Å². The molecular formula is C20H26ClN3O3. The van der Waals surface area contributed by atoms with Crippen LogP contribution in [0.4, 0.5) is 0 Å². The van der Waals surface area contributed by atoms with Gasteiger partial charge in [-0.05, 0) is 37.6 Å². The first-order chi connectivity index (χ1) is 12.9. The summed E-state index contributed by atoms with van der Waals surface area (Å²) in [5, 5.41) is 3.71. The zero-order valence-corrected chi connectivity index (χ0v) is 16.5. The fraction of sp³-hybridized carbons (Fsp3) is 0.450. The van der Waals surface area contributed by atoms with E-state index in [1.807, 2.05) is 24.3 Å². The summed E-state index contributed by atoms with van der Waals surface area (Å²) in [4.78, 5) is 14.8. The fourth-order valence-electron chi connectivity index (χ4n) is 3.36. The third kappa shape index (κ3) is 5.11. The van der Waals surface area contributed by atoms with Crippen LogP contribution in [0, 0.1) is 0 Å². The normalized spacial score (nSPS) is 18.2. The second kappa shape index (κ2) is 8.44. The minimum Gasteiger partial charge on any atom is -0.467 e. The molecule has 0 saturated carbocycles. The number of amides is 1. The molecule has 1 saturated heterocycles. The van der Waals surface area contributed by atoms with E-state index >= 15 is 0 Å². The van der Waals surface area contributed by atoms with Crippen LogP contribution in [0.1, 0.15) is 41.6 Å². The van der Waals surface area contributed by atoms with Crippen molar-refractivity contribution in [2.24, 2.45) is 5.73 Å². The molecule has 0 aliphatic carbocycles. The third-order valence-corrected chi connectivity index (χ3v) is 4.98. The first kappa shape index (κ1) is 19.9. The van der Waals surface area contributed by atoms with Crippen molar-refractivity contribution in [1.29, 1.82) is 0 Å². The van der Waals surface area contributed by atoms with Gasteiger partial charge < -0.3 is 20.2 Å². The summed E-state index contributed by atoms with van der Waals surface area (Å²) in [7, 11) is 0. The van der Waals surface area contributed by atoms with Gasteiger partial charge in [0.25, 0.3) is 5.91 Å². The Hall–Kier alpha value is -1.86. The maximum Gasteiger partial charge on any atom is 0.254 e. The van der Waals surface area contributed by atoms with E-state index in [-0.39, 0.29) is 24.1 Å². The maximum absolute atomic E-state index is 12.5. The summed E-state index contributed by atoms with van der Waals surface area (Å²) in [5.41, 5.74) is 6.90. The largest absolute Gasteiger partial charge is 0.467 e. The van der Waals surface area contributed by atoms with Crippen LogP contribution in [-0.2, 0) is 11.3 Å². The Kier molecular flexibility index (Phi) is 6.22. The second-order valence-electron chi connectivity index (χ2n) is 7.36. The van der Waals surface area contributed by atoms with E-state index in [0.29, 0.717) is 29.5 Å². The molecule has 6 nitrogen and oxygen atoms in total. The second-order valence-corrected chi connectivity index (χ2v) is 7.80. The predicted molar refractivity (Wildman–Crippen MR) is 105 cm³/mol. The number of morpholine rings is 1. The minimum atomic E-state index is -0.229. The molecule has 0 radical (unpaired) electrons. The smallest absolute Gasteiger partial charge is 0.254 e. The standard InChI is InChI=1S/C20H26ClN3O3/c1-20(2)13-24(7-8-27-20)18(14-3-5-16(21)6-4-14)11-23-19(25)15-9-17(10-22)26-12-15/h3-6,9,12,18H,7-8,10-11,13,22H2,1-2H3,(H,23,25). The number of benzene rings is 1. The molecule has 1 aromatic heterocycles. The molecule has 1 fully saturated rings. The van der Waals surface area contributed by atoms with Crippen LogP contribution >= 0.6 is 11.6 Å². The van der Waals surface area contributed by atoms with Gasteiger partial charge in [-0.15, -0.1) is 0 Å². The van der Waals surface area contributed by atoms with Crippen LogP contribution < -0.4 is 11.1 Å². The Morgan fingerprint density at radius 1 is 1.37 bits per heavy atom. The highest BCUT2D eigenvalue weighted by atomic mass is 35.5. The van der Waals surface area contributed by atoms with Gasteiger partial charge in [0.2, 0.25) is 0 Å². The van der Waals surface area contributed by atoms with E-state index in [1.165, 1.54) is 6.26 Å². The highest BCUT2D eigenvalue weighted by Gasteiger charge is 2.32. The van der Waals surface area contributed by atoms with Gasteiger partial charge in [-0.25, -0.2) is 0 Å². The van der Waals surface area contributed by atoms with E-state index < -0.39 is 0 Å². The van der Waals surface area contributed by atoms with Crippen molar-refractivity contribution in [2.45, 2.75) is 32.0 Å². The summed E-state index contributed by atoms with van der Waals surface area (Å²) in [6.45, 7) is 7.14. The average molecular weight is 392 g/mol. The van der Waals surface area contributed by atoms with Gasteiger partial charge in [0.1, 0.15) is 12.0 Å². The lowest BCUT2D eigenvalue weighted by molar-refractivity contribution is -0.0972. The molecule has 1 atom stereocenters. The van der Waals surface area contributed by atoms with Gasteiger partial charge in [0, 0.05) is 24.7 Å². The molecule has 3 rings (SSSR count). The van der Waals surface area contributed by atoms with Crippen LogP contribution in [0.15, 0.2) is 41.0 Å². The number of ether oxygens (including phenoxy) is 1. The Balaban J connectivity index is 1.75. The van der Waals surface area contributed by atoms with Crippen LogP contribution in [0.25, 0.3) is 0 Å². The topological polar surface area (TPSA) is 80.7 Å². The maximum atomic E-state index is 12.5. The summed E-state index contributed by atoms with van der Waals surface area (Å²) < 4.78 is 11.1. The summed E-state index contributed by atoms with van der Waals surface area (Å²) >= 11 is 6.05. The van der Waals surface area contributed by atoms with Crippen molar-refractivity contribution in [2.75, 3.05) is 26.2 Å². The van der Waals surface area contributed by atoms with Crippen molar-refractivity contribution >= 4 is 17.5 Å². The van der Waals surface area contributed by atoms with Crippen molar-refractivity contribution in [1.82, 2.24) is 10.2 Å². The van der Waals surface area contributed by atoms with E-state index in [0.717, 1.165) is 18.7 Å². The predicted octanol–water partition coefficient (Wildman–Crippen LogP) is 2.97. The first-order valence-electron chi connectivity index (χ1n) is 9.07. The Bertz CT molecular complexity index is 773. The molecule has 1 aliphatic heterocycles. The number of nitrogens with two attached hydrogens (primary N) is 1. The van der Waals surface area contributed by atoms with Crippen LogP contribution in [0.2, 0.25) is 5.02 Å². The number of nitrogens with one attached hydrogen (secondary N) is 1. The highest BCUT2D eigenvalue weighted by Crippen LogP contribution is 2.27. The highest BCUT2D eigenvalue weighted by molar-refractivity contribution is 6.30. The number of furan rings is 1. The minimum absolute atomic E-state index is 0.0234. The molecule has 1 unspecified atom stereocenters. The number of carbonyl (C=O) groups is 1. The molecule has 1 aliphatic rings. The van der Waals surface area contributed by atoms with Gasteiger partial charge in [-0.2, -0.15) is 0 Å². The molecule has 27 heavy (non-hydrogen) atoms. The number of hydrogen-bond donors (Lipinski definition) is 2. The monoisotopic (exact) mass is 391 g/mol. The Morgan fingerprint density at radius 2 is 2.11 bits per heavy atom. The average Bonchev–Trinajstić information content (AvgIpc) is 3.12. The fourth-order valence-corrected chi connectivity index (χ4v) is 3.49. The zero-order valence-electron chi connectivity index (χ0n) is 15.7. The number of hydrogen-bond acceptors (Lipinski definition) is 5. The van der Waals surface area contributed by atoms with Crippen molar-refractivity contribution in [3.05, 3.63) is 58.5 Å². The van der Waals surface area contributed by atoms with Gasteiger partial charge in [0.05, 0.1) is 30.4 Å². The number of carbonyl (C=O) groups excluding carboxylic acids is 1. The Labute approximate surface area is 164 Å². The molecule has 1 amide bonds. The molecule has 2 aromatic rings. The molecule has 0 spiro atoms. The van der Waals surface area contributed by atoms with Crippen molar-refractivity contribution in [3.8, 4) is 0 Å². The number of halogens is 1. The van der Waals surface area contributed by atoms with Crippen LogP contribution in [0.3, 0.4) is 0 Å². The molecule has 0 bridgehead atoms. The first-order valence-corrected chi connectivity index (χ1v) is 9.45. The van der Waals surface area contributed by atoms with Crippen molar-refractivity contribution < 1.29 is 13.9 Å². The zero-order chi connectivity index (χ0) is 19.4. The lowest BCUT2D eigenvalue weighted by Crippen LogP contribution is -2.51. The van der Waals surface area contributed by atoms with Crippen molar-refractivity contribution in [3.63, 3.8) is 0 Å². The molecule has 1 aromatic carbocycles. The van der Waals surface area contributed by atoms with Gasteiger partial charge in [-0.1, -0.05) is 23.7 Å². The summed E-state index contributed by atoms with van der Waals surface area (Å²) in [5.74, 6) is 0.411. The lowest BCUT2D eigenvalue weighted by atomic mass is 10.0. The SMILES string of the molecule is CC1(C)CN(C(CNC(=O)c2coc(CN)c2)c2ccc(Cl)cc2)CCO1. The van der Waals surface area contributed by atoms with E-state index in [1.54, 1.807) is 6.07 Å². The lowest BCUT2D eigenvalue weighted by Gasteiger charge is -2.42. The molecule has 146 valence electrons. The van der Waals surface area contributed by atoms with Gasteiger partial charge in [0.15, 0.2) is 0 Å². The van der Waals surface area contributed by atoms with Gasteiger partial charge in [-0.3, -0.25) is 9.69 Å². The van der Waals surface area contributed by atoms with E-state index in [2.05, 4.69) is 24.1 Å². The molecule has 2 heterocycles. The Morgan fingerprint density at radius 3 is 2.74 bits per heavy atom. The summed E-state index contributed by atoms with van der Waals surface area (Å²) in [6.07, 6.45) is 1.44. The quantitative estimate of drug-likeness (QED) is 0.791. The van der Waals surface area contributed by atoms with E-state index in [9.17, 15) is 4.79 Å². The number of rotatable bonds is 6. The molecular weight excluding hydrogens is 366 g/mol. The van der Waals surface area contributed by atoms with E-state index in [4.69, 9.17) is 26.5 Å².